The Bertz CT molecular complexity index is 992. The summed E-state index contributed by atoms with van der Waals surface area (Å²) in [5, 5.41) is 5.32. The predicted molar refractivity (Wildman–Crippen MR) is 137 cm³/mol. The number of terminal acetylenes is 1. The highest BCUT2D eigenvalue weighted by Gasteiger charge is 2.28. The number of carbonyl (C=O) groups is 2. The van der Waals surface area contributed by atoms with Crippen molar-refractivity contribution in [1.82, 2.24) is 19.4 Å². The number of rotatable bonds is 9. The fourth-order valence-electron chi connectivity index (χ4n) is 4.45. The summed E-state index contributed by atoms with van der Waals surface area (Å²) in [7, 11) is 1.63. The first-order valence-corrected chi connectivity index (χ1v) is 12.6. The molecule has 176 valence electrons. The van der Waals surface area contributed by atoms with Crippen LogP contribution in [-0.2, 0) is 9.59 Å². The highest BCUT2D eigenvalue weighted by atomic mass is 32.2. The number of hydrogen-bond donors (Lipinski definition) is 1. The van der Waals surface area contributed by atoms with E-state index in [0.29, 0.717) is 12.1 Å². The minimum absolute atomic E-state index is 0.0276. The van der Waals surface area contributed by atoms with Crippen molar-refractivity contribution in [3.63, 3.8) is 0 Å². The SMILES string of the molecule is C#CCN(C)C(=O)CNC(=O)CN(SC)C1CCN(C(C)c2cccc3ccccc23)CC1. The molecule has 2 amide bonds. The number of piperidine rings is 1. The molecule has 6 nitrogen and oxygen atoms in total. The van der Waals surface area contributed by atoms with Gasteiger partial charge in [0.2, 0.25) is 11.8 Å². The van der Waals surface area contributed by atoms with Gasteiger partial charge in [-0.1, -0.05) is 60.3 Å². The molecule has 1 N–H and O–H groups in total. The van der Waals surface area contributed by atoms with Crippen molar-refractivity contribution < 1.29 is 9.59 Å². The highest BCUT2D eigenvalue weighted by Crippen LogP contribution is 2.31. The van der Waals surface area contributed by atoms with Gasteiger partial charge in [0.15, 0.2) is 0 Å². The Labute approximate surface area is 201 Å². The van der Waals surface area contributed by atoms with Gasteiger partial charge in [-0.2, -0.15) is 0 Å². The third-order valence-corrected chi connectivity index (χ3v) is 7.35. The molecule has 1 unspecified atom stereocenters. The number of amides is 2. The van der Waals surface area contributed by atoms with Crippen LogP contribution in [0.2, 0.25) is 0 Å². The van der Waals surface area contributed by atoms with E-state index in [0.717, 1.165) is 25.9 Å². The van der Waals surface area contributed by atoms with Crippen LogP contribution in [0, 0.1) is 12.3 Å². The molecule has 0 radical (unpaired) electrons. The molecular formula is C26H34N4O2S. The van der Waals surface area contributed by atoms with Gasteiger partial charge in [-0.25, -0.2) is 4.31 Å². The summed E-state index contributed by atoms with van der Waals surface area (Å²) in [6.45, 7) is 4.75. The van der Waals surface area contributed by atoms with E-state index in [1.54, 1.807) is 19.0 Å². The van der Waals surface area contributed by atoms with E-state index in [9.17, 15) is 9.59 Å². The maximum absolute atomic E-state index is 12.4. The molecule has 0 spiro atoms. The van der Waals surface area contributed by atoms with Crippen LogP contribution < -0.4 is 5.32 Å². The topological polar surface area (TPSA) is 55.9 Å². The summed E-state index contributed by atoms with van der Waals surface area (Å²) in [5.41, 5.74) is 1.37. The van der Waals surface area contributed by atoms with Crippen LogP contribution >= 0.6 is 11.9 Å². The Morgan fingerprint density at radius 3 is 2.61 bits per heavy atom. The van der Waals surface area contributed by atoms with E-state index in [4.69, 9.17) is 6.42 Å². The molecule has 3 rings (SSSR count). The van der Waals surface area contributed by atoms with Crippen LogP contribution in [0.4, 0.5) is 0 Å². The van der Waals surface area contributed by atoms with Crippen molar-refractivity contribution in [3.8, 4) is 12.3 Å². The van der Waals surface area contributed by atoms with Crippen molar-refractivity contribution in [1.29, 1.82) is 0 Å². The number of likely N-dealkylation sites (tertiary alicyclic amines) is 1. The van der Waals surface area contributed by atoms with Crippen molar-refractivity contribution >= 4 is 34.5 Å². The maximum atomic E-state index is 12.4. The molecule has 7 heteroatoms. The monoisotopic (exact) mass is 466 g/mol. The smallest absolute Gasteiger partial charge is 0.242 e. The zero-order chi connectivity index (χ0) is 23.8. The molecule has 1 saturated heterocycles. The number of fused-ring (bicyclic) bond motifs is 1. The Kier molecular flexibility index (Phi) is 9.19. The fraction of sp³-hybridized carbons (Fsp3) is 0.462. The van der Waals surface area contributed by atoms with Crippen LogP contribution in [0.1, 0.15) is 31.4 Å². The highest BCUT2D eigenvalue weighted by molar-refractivity contribution is 7.96. The molecule has 0 aliphatic carbocycles. The summed E-state index contributed by atoms with van der Waals surface area (Å²) >= 11 is 1.59. The third kappa shape index (κ3) is 6.50. The Morgan fingerprint density at radius 2 is 1.91 bits per heavy atom. The van der Waals surface area contributed by atoms with Gasteiger partial charge < -0.3 is 10.2 Å². The zero-order valence-electron chi connectivity index (χ0n) is 19.8. The summed E-state index contributed by atoms with van der Waals surface area (Å²) in [6.07, 6.45) is 9.25. The lowest BCUT2D eigenvalue weighted by Crippen LogP contribution is -2.47. The molecule has 2 aromatic carbocycles. The minimum atomic E-state index is -0.187. The molecule has 1 fully saturated rings. The molecule has 0 aromatic heterocycles. The second-order valence-corrected chi connectivity index (χ2v) is 9.33. The van der Waals surface area contributed by atoms with Crippen molar-refractivity contribution in [3.05, 3.63) is 48.0 Å². The number of nitrogens with one attached hydrogen (secondary N) is 1. The van der Waals surface area contributed by atoms with E-state index < -0.39 is 0 Å². The Balaban J connectivity index is 1.52. The van der Waals surface area contributed by atoms with Crippen molar-refractivity contribution in [2.75, 3.05) is 46.0 Å². The summed E-state index contributed by atoms with van der Waals surface area (Å²) in [6, 6.07) is 15.8. The normalized spacial score (nSPS) is 15.8. The van der Waals surface area contributed by atoms with Gasteiger partial charge in [0.25, 0.3) is 0 Å². The van der Waals surface area contributed by atoms with Crippen LogP contribution in [-0.4, -0.2) is 78.0 Å². The van der Waals surface area contributed by atoms with Crippen LogP contribution in [0.5, 0.6) is 0 Å². The number of likely N-dealkylation sites (N-methyl/N-ethyl adjacent to an activating group) is 1. The molecule has 33 heavy (non-hydrogen) atoms. The summed E-state index contributed by atoms with van der Waals surface area (Å²) < 4.78 is 2.14. The predicted octanol–water partition coefficient (Wildman–Crippen LogP) is 3.15. The second-order valence-electron chi connectivity index (χ2n) is 8.50. The zero-order valence-corrected chi connectivity index (χ0v) is 20.6. The first-order chi connectivity index (χ1) is 15.9. The summed E-state index contributed by atoms with van der Waals surface area (Å²) in [4.78, 5) is 28.4. The lowest BCUT2D eigenvalue weighted by molar-refractivity contribution is -0.131. The van der Waals surface area contributed by atoms with E-state index in [1.165, 1.54) is 21.2 Å². The van der Waals surface area contributed by atoms with Crippen LogP contribution in [0.3, 0.4) is 0 Å². The average Bonchev–Trinajstić information content (AvgIpc) is 2.85. The molecular weight excluding hydrogens is 432 g/mol. The van der Waals surface area contributed by atoms with E-state index in [1.807, 2.05) is 6.26 Å². The summed E-state index contributed by atoms with van der Waals surface area (Å²) in [5.74, 6) is 2.10. The number of carbonyl (C=O) groups excluding carboxylic acids is 2. The van der Waals surface area contributed by atoms with Gasteiger partial charge >= 0.3 is 0 Å². The molecule has 1 atom stereocenters. The second kappa shape index (κ2) is 12.1. The standard InChI is InChI=1S/C26H34N4O2S/c1-5-15-28(3)26(32)18-27-25(31)19-30(33-4)22-13-16-29(17-14-22)20(2)23-12-8-10-21-9-6-7-11-24(21)23/h1,6-12,20,22H,13-19H2,2-4H3,(H,27,31). The van der Waals surface area contributed by atoms with Crippen LogP contribution in [0.25, 0.3) is 10.8 Å². The lowest BCUT2D eigenvalue weighted by Gasteiger charge is -2.40. The van der Waals surface area contributed by atoms with Gasteiger partial charge in [-0.15, -0.1) is 6.42 Å². The molecule has 2 aromatic rings. The van der Waals surface area contributed by atoms with Gasteiger partial charge in [0.1, 0.15) is 0 Å². The Hall–Kier alpha value is -2.53. The van der Waals surface area contributed by atoms with Gasteiger partial charge in [-0.3, -0.25) is 14.5 Å². The van der Waals surface area contributed by atoms with Gasteiger partial charge in [0, 0.05) is 32.2 Å². The number of hydrogen-bond acceptors (Lipinski definition) is 5. The molecule has 1 heterocycles. The number of benzene rings is 2. The average molecular weight is 467 g/mol. The van der Waals surface area contributed by atoms with Crippen molar-refractivity contribution in [2.24, 2.45) is 0 Å². The Morgan fingerprint density at radius 1 is 1.21 bits per heavy atom. The lowest BCUT2D eigenvalue weighted by atomic mass is 9.96. The quantitative estimate of drug-likeness (QED) is 0.455. The van der Waals surface area contributed by atoms with Crippen LogP contribution in [0.15, 0.2) is 42.5 Å². The van der Waals surface area contributed by atoms with E-state index in [-0.39, 0.29) is 31.4 Å². The molecule has 1 aliphatic heterocycles. The first-order valence-electron chi connectivity index (χ1n) is 11.4. The molecule has 0 bridgehead atoms. The van der Waals surface area contributed by atoms with E-state index in [2.05, 4.69) is 69.8 Å². The largest absolute Gasteiger partial charge is 0.346 e. The van der Waals surface area contributed by atoms with Crippen molar-refractivity contribution in [2.45, 2.75) is 31.8 Å². The fourth-order valence-corrected chi connectivity index (χ4v) is 5.20. The molecule has 1 aliphatic rings. The van der Waals surface area contributed by atoms with E-state index >= 15 is 0 Å². The first kappa shape index (κ1) is 25.1. The van der Waals surface area contributed by atoms with Gasteiger partial charge in [-0.05, 0) is 42.4 Å². The third-order valence-electron chi connectivity index (χ3n) is 6.45. The van der Waals surface area contributed by atoms with Gasteiger partial charge in [0.05, 0.1) is 19.6 Å². The minimum Gasteiger partial charge on any atom is -0.346 e. The number of nitrogens with zero attached hydrogens (tertiary/aromatic N) is 3. The molecule has 0 saturated carbocycles. The maximum Gasteiger partial charge on any atom is 0.242 e.